The number of cyclic esters (lactones) is 1. The predicted molar refractivity (Wildman–Crippen MR) is 56.6 cm³/mol. The van der Waals surface area contributed by atoms with Gasteiger partial charge in [0.25, 0.3) is 0 Å². The molecule has 80 valence electrons. The summed E-state index contributed by atoms with van der Waals surface area (Å²) in [5, 5.41) is 0.814. The zero-order valence-corrected chi connectivity index (χ0v) is 8.71. The van der Waals surface area contributed by atoms with Crippen molar-refractivity contribution in [3.05, 3.63) is 44.8 Å². The Morgan fingerprint density at radius 3 is 2.88 bits per heavy atom. The lowest BCUT2D eigenvalue weighted by molar-refractivity contribution is 0.0512. The third-order valence-corrected chi connectivity index (χ3v) is 2.71. The molecule has 0 unspecified atom stereocenters. The van der Waals surface area contributed by atoms with E-state index in [4.69, 9.17) is 20.8 Å². The Morgan fingerprint density at radius 2 is 2.06 bits per heavy atom. The third kappa shape index (κ3) is 1.17. The molecule has 0 aliphatic carbocycles. The smallest absolute Gasteiger partial charge is 0.375 e. The second kappa shape index (κ2) is 3.09. The van der Waals surface area contributed by atoms with Crippen molar-refractivity contribution in [1.29, 1.82) is 0 Å². The highest BCUT2D eigenvalue weighted by Gasteiger charge is 2.28. The van der Waals surface area contributed by atoms with Gasteiger partial charge in [0.05, 0.1) is 10.9 Å². The molecule has 0 amide bonds. The van der Waals surface area contributed by atoms with Crippen LogP contribution in [0.15, 0.2) is 27.4 Å². The Morgan fingerprint density at radius 1 is 1.25 bits per heavy atom. The van der Waals surface area contributed by atoms with Gasteiger partial charge in [0.1, 0.15) is 12.2 Å². The van der Waals surface area contributed by atoms with Crippen molar-refractivity contribution in [2.45, 2.75) is 6.61 Å². The lowest BCUT2D eigenvalue weighted by Crippen LogP contribution is -2.09. The molecule has 5 heteroatoms. The van der Waals surface area contributed by atoms with Crippen molar-refractivity contribution in [3.63, 3.8) is 0 Å². The number of esters is 1. The SMILES string of the molecule is O=C1OCc2c1oc1ccc(Cl)cc1c2=O. The second-order valence-electron chi connectivity index (χ2n) is 3.46. The number of hydrogen-bond donors (Lipinski definition) is 0. The highest BCUT2D eigenvalue weighted by Crippen LogP contribution is 2.23. The highest BCUT2D eigenvalue weighted by molar-refractivity contribution is 6.31. The average Bonchev–Trinajstić information content (AvgIpc) is 2.63. The van der Waals surface area contributed by atoms with Gasteiger partial charge in [-0.15, -0.1) is 0 Å². The summed E-state index contributed by atoms with van der Waals surface area (Å²) in [5.74, 6) is -0.594. The molecule has 1 aromatic heterocycles. The minimum absolute atomic E-state index is 0.000164. The molecule has 0 radical (unpaired) electrons. The van der Waals surface area contributed by atoms with Crippen molar-refractivity contribution in [2.24, 2.45) is 0 Å². The number of hydrogen-bond acceptors (Lipinski definition) is 4. The summed E-state index contributed by atoms with van der Waals surface area (Å²) in [5.41, 5.74) is 0.344. The zero-order chi connectivity index (χ0) is 11.3. The van der Waals surface area contributed by atoms with E-state index in [0.717, 1.165) is 0 Å². The molecule has 3 rings (SSSR count). The molecule has 1 aromatic carbocycles. The normalized spacial score (nSPS) is 13.9. The van der Waals surface area contributed by atoms with Crippen molar-refractivity contribution in [1.82, 2.24) is 0 Å². The van der Waals surface area contributed by atoms with Crippen LogP contribution in [0.5, 0.6) is 0 Å². The van der Waals surface area contributed by atoms with Gasteiger partial charge in [-0.05, 0) is 18.2 Å². The molecule has 0 bridgehead atoms. The summed E-state index contributed by atoms with van der Waals surface area (Å²) < 4.78 is 10.1. The highest BCUT2D eigenvalue weighted by atomic mass is 35.5. The van der Waals surface area contributed by atoms with Crippen LogP contribution in [0.3, 0.4) is 0 Å². The Labute approximate surface area is 94.4 Å². The molecule has 0 atom stereocenters. The second-order valence-corrected chi connectivity index (χ2v) is 3.89. The minimum Gasteiger partial charge on any atom is -0.455 e. The fourth-order valence-corrected chi connectivity index (χ4v) is 1.88. The first-order valence-corrected chi connectivity index (χ1v) is 4.97. The van der Waals surface area contributed by atoms with E-state index >= 15 is 0 Å². The van der Waals surface area contributed by atoms with Crippen molar-refractivity contribution < 1.29 is 13.9 Å². The van der Waals surface area contributed by atoms with E-state index < -0.39 is 5.97 Å². The predicted octanol–water partition coefficient (Wildman–Crippen LogP) is 2.12. The molecule has 0 spiro atoms. The Kier molecular flexibility index (Phi) is 1.82. The molecule has 0 saturated carbocycles. The zero-order valence-electron chi connectivity index (χ0n) is 7.95. The monoisotopic (exact) mass is 236 g/mol. The van der Waals surface area contributed by atoms with Crippen molar-refractivity contribution in [3.8, 4) is 0 Å². The lowest BCUT2D eigenvalue weighted by atomic mass is 10.1. The van der Waals surface area contributed by atoms with Gasteiger partial charge in [-0.1, -0.05) is 11.6 Å². The third-order valence-electron chi connectivity index (χ3n) is 2.48. The molecule has 2 aromatic rings. The fraction of sp³-hybridized carbons (Fsp3) is 0.0909. The van der Waals surface area contributed by atoms with E-state index in [9.17, 15) is 9.59 Å². The van der Waals surface area contributed by atoms with Crippen LogP contribution >= 0.6 is 11.6 Å². The first kappa shape index (κ1) is 9.42. The van der Waals surface area contributed by atoms with E-state index in [1.54, 1.807) is 12.1 Å². The van der Waals surface area contributed by atoms with Crippen LogP contribution in [0.1, 0.15) is 16.1 Å². The van der Waals surface area contributed by atoms with Crippen LogP contribution in [-0.4, -0.2) is 5.97 Å². The maximum Gasteiger partial charge on any atom is 0.375 e. The molecule has 16 heavy (non-hydrogen) atoms. The Balaban J connectivity index is 2.48. The van der Waals surface area contributed by atoms with E-state index in [1.807, 2.05) is 0 Å². The average molecular weight is 237 g/mol. The van der Waals surface area contributed by atoms with Gasteiger partial charge < -0.3 is 9.15 Å². The van der Waals surface area contributed by atoms with Crippen LogP contribution in [0, 0.1) is 0 Å². The number of halogens is 1. The van der Waals surface area contributed by atoms with Crippen LogP contribution < -0.4 is 5.43 Å². The summed E-state index contributed by atoms with van der Waals surface area (Å²) in [6.45, 7) is -0.0288. The van der Waals surface area contributed by atoms with Crippen LogP contribution in [0.4, 0.5) is 0 Å². The largest absolute Gasteiger partial charge is 0.455 e. The van der Waals surface area contributed by atoms with Crippen molar-refractivity contribution in [2.75, 3.05) is 0 Å². The quantitative estimate of drug-likeness (QED) is 0.658. The fourth-order valence-electron chi connectivity index (χ4n) is 1.71. The van der Waals surface area contributed by atoms with Gasteiger partial charge in [-0.3, -0.25) is 4.79 Å². The summed E-state index contributed by atoms with van der Waals surface area (Å²) in [6.07, 6.45) is 0. The molecule has 0 saturated heterocycles. The van der Waals surface area contributed by atoms with E-state index in [1.165, 1.54) is 6.07 Å². The first-order valence-electron chi connectivity index (χ1n) is 4.59. The lowest BCUT2D eigenvalue weighted by Gasteiger charge is -1.99. The van der Waals surface area contributed by atoms with Crippen LogP contribution in [0.25, 0.3) is 11.0 Å². The number of carbonyl (C=O) groups is 1. The molecule has 4 nitrogen and oxygen atoms in total. The van der Waals surface area contributed by atoms with Gasteiger partial charge >= 0.3 is 5.97 Å². The van der Waals surface area contributed by atoms with E-state index in [0.29, 0.717) is 16.0 Å². The number of carbonyl (C=O) groups excluding carboxylic acids is 1. The standard InChI is InChI=1S/C11H5ClO4/c12-5-1-2-8-6(3-5)9(13)7-4-15-11(14)10(7)16-8/h1-3H,4H2. The van der Waals surface area contributed by atoms with Gasteiger partial charge in [0.15, 0.2) is 5.43 Å². The van der Waals surface area contributed by atoms with E-state index in [2.05, 4.69) is 0 Å². The Hall–Kier alpha value is -1.81. The van der Waals surface area contributed by atoms with Crippen LogP contribution in [0.2, 0.25) is 5.02 Å². The number of ether oxygens (including phenoxy) is 1. The van der Waals surface area contributed by atoms with Gasteiger partial charge in [-0.25, -0.2) is 4.79 Å². The number of rotatable bonds is 0. The topological polar surface area (TPSA) is 56.5 Å². The molecule has 0 fully saturated rings. The van der Waals surface area contributed by atoms with Crippen LogP contribution in [-0.2, 0) is 11.3 Å². The maximum absolute atomic E-state index is 12.0. The summed E-state index contributed by atoms with van der Waals surface area (Å²) in [4.78, 5) is 23.2. The summed E-state index contributed by atoms with van der Waals surface area (Å²) >= 11 is 5.79. The molecular formula is C11H5ClO4. The van der Waals surface area contributed by atoms with Crippen molar-refractivity contribution >= 4 is 28.5 Å². The van der Waals surface area contributed by atoms with Gasteiger partial charge in [0, 0.05) is 5.02 Å². The number of benzene rings is 1. The Bertz CT molecular complexity index is 671. The molecule has 0 N–H and O–H groups in total. The summed E-state index contributed by atoms with van der Waals surface area (Å²) in [7, 11) is 0. The number of fused-ring (bicyclic) bond motifs is 2. The molecule has 1 aliphatic rings. The summed E-state index contributed by atoms with van der Waals surface area (Å²) in [6, 6.07) is 4.68. The molecule has 1 aliphatic heterocycles. The van der Waals surface area contributed by atoms with E-state index in [-0.39, 0.29) is 23.4 Å². The molecule has 2 heterocycles. The minimum atomic E-state index is -0.594. The first-order chi connectivity index (χ1) is 7.66. The molecular weight excluding hydrogens is 232 g/mol. The van der Waals surface area contributed by atoms with Gasteiger partial charge in [-0.2, -0.15) is 0 Å². The van der Waals surface area contributed by atoms with Gasteiger partial charge in [0.2, 0.25) is 5.76 Å². The maximum atomic E-state index is 12.0.